The van der Waals surface area contributed by atoms with E-state index in [1.54, 1.807) is 0 Å². The Bertz CT molecular complexity index is 180. The minimum atomic E-state index is -0.264. The molecule has 4 heteroatoms. The zero-order valence-corrected chi connectivity index (χ0v) is 7.81. The quantitative estimate of drug-likeness (QED) is 0.621. The Morgan fingerprint density at radius 2 is 2.25 bits per heavy atom. The lowest BCUT2D eigenvalue weighted by atomic mass is 10.1. The third kappa shape index (κ3) is 2.37. The molecule has 1 unspecified atom stereocenters. The van der Waals surface area contributed by atoms with Crippen LogP contribution in [0.2, 0.25) is 0 Å². The van der Waals surface area contributed by atoms with Crippen LogP contribution in [0.25, 0.3) is 0 Å². The predicted molar refractivity (Wildman–Crippen MR) is 45.4 cm³/mol. The largest absolute Gasteiger partial charge is 0.338 e. The fourth-order valence-corrected chi connectivity index (χ4v) is 1.27. The topological polar surface area (TPSA) is 50.4 Å². The van der Waals surface area contributed by atoms with Gasteiger partial charge in [0, 0.05) is 6.54 Å². The van der Waals surface area contributed by atoms with E-state index in [1.165, 1.54) is 13.5 Å². The van der Waals surface area contributed by atoms with Gasteiger partial charge in [-0.3, -0.25) is 4.84 Å². The number of rotatable bonds is 3. The maximum Gasteiger partial charge on any atom is 0.338 e. The van der Waals surface area contributed by atoms with Crippen LogP contribution in [-0.2, 0) is 4.84 Å². The highest BCUT2D eigenvalue weighted by Gasteiger charge is 2.45. The van der Waals surface area contributed by atoms with Crippen LogP contribution in [0.3, 0.4) is 0 Å². The molecule has 1 aliphatic carbocycles. The van der Waals surface area contributed by atoms with Gasteiger partial charge in [0.15, 0.2) is 0 Å². The SMILES string of the molecule is CONC(=O)NCC1CC1(C)C. The number of urea groups is 1. The Morgan fingerprint density at radius 1 is 1.67 bits per heavy atom. The van der Waals surface area contributed by atoms with E-state index in [4.69, 9.17) is 0 Å². The van der Waals surface area contributed by atoms with Crippen LogP contribution < -0.4 is 10.8 Å². The zero-order valence-electron chi connectivity index (χ0n) is 7.81. The van der Waals surface area contributed by atoms with Gasteiger partial charge in [-0.05, 0) is 17.8 Å². The van der Waals surface area contributed by atoms with Gasteiger partial charge in [0.1, 0.15) is 0 Å². The van der Waals surface area contributed by atoms with Crippen molar-refractivity contribution in [3.63, 3.8) is 0 Å². The molecular weight excluding hydrogens is 156 g/mol. The first-order chi connectivity index (χ1) is 5.56. The first-order valence-corrected chi connectivity index (χ1v) is 4.13. The summed E-state index contributed by atoms with van der Waals surface area (Å²) in [6.45, 7) is 5.14. The highest BCUT2D eigenvalue weighted by atomic mass is 16.6. The molecule has 0 spiro atoms. The van der Waals surface area contributed by atoms with Crippen molar-refractivity contribution in [1.82, 2.24) is 10.8 Å². The molecule has 1 atom stereocenters. The molecule has 4 nitrogen and oxygen atoms in total. The van der Waals surface area contributed by atoms with Crippen LogP contribution in [0.15, 0.2) is 0 Å². The minimum absolute atomic E-state index is 0.264. The van der Waals surface area contributed by atoms with Gasteiger partial charge in [-0.1, -0.05) is 13.8 Å². The van der Waals surface area contributed by atoms with Gasteiger partial charge in [-0.15, -0.1) is 0 Å². The van der Waals surface area contributed by atoms with Crippen molar-refractivity contribution in [1.29, 1.82) is 0 Å². The van der Waals surface area contributed by atoms with E-state index in [-0.39, 0.29) is 6.03 Å². The van der Waals surface area contributed by atoms with Crippen LogP contribution in [-0.4, -0.2) is 19.7 Å². The number of hydrogen-bond acceptors (Lipinski definition) is 2. The van der Waals surface area contributed by atoms with E-state index in [0.29, 0.717) is 11.3 Å². The average molecular weight is 172 g/mol. The lowest BCUT2D eigenvalue weighted by molar-refractivity contribution is 0.107. The molecule has 1 aliphatic rings. The van der Waals surface area contributed by atoms with E-state index in [2.05, 4.69) is 29.5 Å². The zero-order chi connectivity index (χ0) is 9.19. The van der Waals surface area contributed by atoms with Crippen molar-refractivity contribution in [3.8, 4) is 0 Å². The average Bonchev–Trinajstić information content (AvgIpc) is 2.56. The summed E-state index contributed by atoms with van der Waals surface area (Å²) in [5.41, 5.74) is 2.62. The molecule has 0 radical (unpaired) electrons. The number of carbonyl (C=O) groups is 1. The van der Waals surface area contributed by atoms with Crippen molar-refractivity contribution < 1.29 is 9.63 Å². The van der Waals surface area contributed by atoms with Crippen LogP contribution in [0.4, 0.5) is 4.79 Å². The number of hydrogen-bond donors (Lipinski definition) is 2. The molecule has 70 valence electrons. The van der Waals surface area contributed by atoms with E-state index >= 15 is 0 Å². The number of amides is 2. The maximum absolute atomic E-state index is 10.8. The monoisotopic (exact) mass is 172 g/mol. The van der Waals surface area contributed by atoms with E-state index in [0.717, 1.165) is 6.54 Å². The Labute approximate surface area is 72.6 Å². The Balaban J connectivity index is 2.07. The molecular formula is C8H16N2O2. The molecule has 0 bridgehead atoms. The smallest absolute Gasteiger partial charge is 0.336 e. The maximum atomic E-state index is 10.8. The third-order valence-electron chi connectivity index (χ3n) is 2.42. The van der Waals surface area contributed by atoms with Gasteiger partial charge >= 0.3 is 6.03 Å². The Morgan fingerprint density at radius 3 is 2.67 bits per heavy atom. The molecule has 1 rings (SSSR count). The van der Waals surface area contributed by atoms with Crippen LogP contribution in [0.1, 0.15) is 20.3 Å². The lowest BCUT2D eigenvalue weighted by Gasteiger charge is -2.06. The molecule has 12 heavy (non-hydrogen) atoms. The third-order valence-corrected chi connectivity index (χ3v) is 2.42. The number of carbonyl (C=O) groups excluding carboxylic acids is 1. The summed E-state index contributed by atoms with van der Waals surface area (Å²) in [5.74, 6) is 0.625. The molecule has 1 saturated carbocycles. The second-order valence-corrected chi connectivity index (χ2v) is 3.91. The summed E-state index contributed by atoms with van der Waals surface area (Å²) in [4.78, 5) is 15.3. The second kappa shape index (κ2) is 3.31. The van der Waals surface area contributed by atoms with Gasteiger partial charge in [0.05, 0.1) is 7.11 Å². The molecule has 2 amide bonds. The first-order valence-electron chi connectivity index (χ1n) is 4.13. The number of nitrogens with one attached hydrogen (secondary N) is 2. The molecule has 0 heterocycles. The fraction of sp³-hybridized carbons (Fsp3) is 0.875. The fourth-order valence-electron chi connectivity index (χ4n) is 1.27. The van der Waals surface area contributed by atoms with Gasteiger partial charge in [0.2, 0.25) is 0 Å². The molecule has 0 aliphatic heterocycles. The summed E-state index contributed by atoms with van der Waals surface area (Å²) >= 11 is 0. The van der Waals surface area contributed by atoms with Gasteiger partial charge in [0.25, 0.3) is 0 Å². The van der Waals surface area contributed by atoms with E-state index < -0.39 is 0 Å². The van der Waals surface area contributed by atoms with E-state index in [1.807, 2.05) is 0 Å². The highest BCUT2D eigenvalue weighted by Crippen LogP contribution is 2.50. The normalized spacial score (nSPS) is 24.8. The Kier molecular flexibility index (Phi) is 2.57. The van der Waals surface area contributed by atoms with Crippen molar-refractivity contribution in [3.05, 3.63) is 0 Å². The van der Waals surface area contributed by atoms with Crippen molar-refractivity contribution in [2.45, 2.75) is 20.3 Å². The lowest BCUT2D eigenvalue weighted by Crippen LogP contribution is -2.36. The summed E-state index contributed by atoms with van der Waals surface area (Å²) < 4.78 is 0. The van der Waals surface area contributed by atoms with E-state index in [9.17, 15) is 4.79 Å². The summed E-state index contributed by atoms with van der Waals surface area (Å²) in [6, 6.07) is -0.264. The first kappa shape index (κ1) is 9.32. The summed E-state index contributed by atoms with van der Waals surface area (Å²) in [7, 11) is 1.42. The van der Waals surface area contributed by atoms with Crippen molar-refractivity contribution >= 4 is 6.03 Å². The molecule has 0 aromatic carbocycles. The minimum Gasteiger partial charge on any atom is -0.336 e. The van der Waals surface area contributed by atoms with Gasteiger partial charge in [-0.25, -0.2) is 10.3 Å². The van der Waals surface area contributed by atoms with Crippen molar-refractivity contribution in [2.75, 3.05) is 13.7 Å². The number of hydroxylamine groups is 1. The second-order valence-electron chi connectivity index (χ2n) is 3.91. The summed E-state index contributed by atoms with van der Waals surface area (Å²) in [6.07, 6.45) is 1.19. The molecule has 2 N–H and O–H groups in total. The molecule has 0 aromatic heterocycles. The van der Waals surface area contributed by atoms with Crippen LogP contribution in [0, 0.1) is 11.3 Å². The van der Waals surface area contributed by atoms with Gasteiger partial charge in [-0.2, -0.15) is 0 Å². The summed E-state index contributed by atoms with van der Waals surface area (Å²) in [5, 5.41) is 2.73. The van der Waals surface area contributed by atoms with Crippen LogP contribution >= 0.6 is 0 Å². The van der Waals surface area contributed by atoms with Gasteiger partial charge < -0.3 is 5.32 Å². The predicted octanol–water partition coefficient (Wildman–Crippen LogP) is 0.893. The van der Waals surface area contributed by atoms with Crippen molar-refractivity contribution in [2.24, 2.45) is 11.3 Å². The molecule has 1 fully saturated rings. The highest BCUT2D eigenvalue weighted by molar-refractivity contribution is 5.72. The standard InChI is InChI=1S/C8H16N2O2/c1-8(2)4-6(8)5-9-7(11)10-12-3/h6H,4-5H2,1-3H3,(H2,9,10,11). The molecule has 0 saturated heterocycles. The molecule has 0 aromatic rings. The Hall–Kier alpha value is -0.770. The van der Waals surface area contributed by atoms with Crippen LogP contribution in [0.5, 0.6) is 0 Å².